The van der Waals surface area contributed by atoms with Gasteiger partial charge in [-0.15, -0.1) is 0 Å². The Balaban J connectivity index is 1.71. The van der Waals surface area contributed by atoms with Crippen molar-refractivity contribution in [3.63, 3.8) is 0 Å². The lowest BCUT2D eigenvalue weighted by molar-refractivity contribution is 0.128. The minimum atomic E-state index is 0.395. The van der Waals surface area contributed by atoms with E-state index in [4.69, 9.17) is 15.2 Å². The first-order valence-electron chi connectivity index (χ1n) is 7.93. The van der Waals surface area contributed by atoms with Gasteiger partial charge in [-0.05, 0) is 54.8 Å². The topological polar surface area (TPSA) is 68.9 Å². The summed E-state index contributed by atoms with van der Waals surface area (Å²) in [6.07, 6.45) is 0. The third-order valence-corrected chi connectivity index (χ3v) is 3.72. The molecule has 0 spiro atoms. The molecule has 0 fully saturated rings. The van der Waals surface area contributed by atoms with Crippen LogP contribution >= 0.6 is 0 Å². The minimum Gasteiger partial charge on any atom is -0.497 e. The van der Waals surface area contributed by atoms with Crippen LogP contribution in [0.5, 0.6) is 5.75 Å². The zero-order valence-electron chi connectivity index (χ0n) is 14.5. The number of nitrogens with two attached hydrogens (primary N) is 1. The fourth-order valence-corrected chi connectivity index (χ4v) is 2.15. The number of nitrogens with zero attached hydrogens (tertiary/aromatic N) is 1. The number of benzene rings is 2. The molecule has 0 aliphatic carbocycles. The zero-order valence-corrected chi connectivity index (χ0v) is 14.5. The summed E-state index contributed by atoms with van der Waals surface area (Å²) >= 11 is 0. The smallest absolute Gasteiger partial charge is 0.193 e. The van der Waals surface area contributed by atoms with Crippen molar-refractivity contribution in [2.45, 2.75) is 20.5 Å². The predicted molar refractivity (Wildman–Crippen MR) is 98.7 cm³/mol. The number of aliphatic imine (C=N–C) groups is 1. The van der Waals surface area contributed by atoms with E-state index in [1.54, 1.807) is 7.11 Å². The standard InChI is InChI=1S/C19H25N3O2/c1-14-4-7-17(12-15(14)2)22-19(20)21-10-11-24-13-16-5-8-18(23-3)9-6-16/h4-9,12H,10-11,13H2,1-3H3,(H3,20,21,22). The van der Waals surface area contributed by atoms with E-state index < -0.39 is 0 Å². The third kappa shape index (κ3) is 5.59. The summed E-state index contributed by atoms with van der Waals surface area (Å²) < 4.78 is 10.7. The van der Waals surface area contributed by atoms with Crippen LogP contribution in [0.1, 0.15) is 16.7 Å². The predicted octanol–water partition coefficient (Wildman–Crippen LogP) is 3.26. The van der Waals surface area contributed by atoms with Crippen molar-refractivity contribution in [3.8, 4) is 5.75 Å². The molecule has 0 bridgehead atoms. The number of ether oxygens (including phenoxy) is 2. The van der Waals surface area contributed by atoms with E-state index >= 15 is 0 Å². The fraction of sp³-hybridized carbons (Fsp3) is 0.316. The number of methoxy groups -OCH3 is 1. The highest BCUT2D eigenvalue weighted by molar-refractivity contribution is 5.92. The number of guanidine groups is 1. The second-order valence-corrected chi connectivity index (χ2v) is 5.59. The lowest BCUT2D eigenvalue weighted by Gasteiger charge is -2.08. The Morgan fingerprint density at radius 3 is 2.50 bits per heavy atom. The van der Waals surface area contributed by atoms with Crippen LogP contribution in [0.3, 0.4) is 0 Å². The molecule has 0 atom stereocenters. The van der Waals surface area contributed by atoms with Crippen molar-refractivity contribution in [2.75, 3.05) is 25.6 Å². The van der Waals surface area contributed by atoms with Gasteiger partial charge in [0.1, 0.15) is 5.75 Å². The third-order valence-electron chi connectivity index (χ3n) is 3.72. The van der Waals surface area contributed by atoms with Crippen molar-refractivity contribution < 1.29 is 9.47 Å². The quantitative estimate of drug-likeness (QED) is 0.465. The van der Waals surface area contributed by atoms with Gasteiger partial charge in [-0.3, -0.25) is 4.99 Å². The fourth-order valence-electron chi connectivity index (χ4n) is 2.15. The van der Waals surface area contributed by atoms with Crippen molar-refractivity contribution in [3.05, 3.63) is 59.2 Å². The molecule has 0 aliphatic rings. The summed E-state index contributed by atoms with van der Waals surface area (Å²) in [6, 6.07) is 13.9. The van der Waals surface area contributed by atoms with Gasteiger partial charge >= 0.3 is 0 Å². The molecule has 2 rings (SSSR count). The zero-order chi connectivity index (χ0) is 17.4. The van der Waals surface area contributed by atoms with Gasteiger partial charge in [0.15, 0.2) is 5.96 Å². The summed E-state index contributed by atoms with van der Waals surface area (Å²) in [4.78, 5) is 4.27. The van der Waals surface area contributed by atoms with Gasteiger partial charge in [-0.2, -0.15) is 0 Å². The molecule has 0 heterocycles. The van der Waals surface area contributed by atoms with Gasteiger partial charge in [0.25, 0.3) is 0 Å². The van der Waals surface area contributed by atoms with Crippen LogP contribution in [0.4, 0.5) is 5.69 Å². The first-order valence-corrected chi connectivity index (χ1v) is 7.93. The molecule has 24 heavy (non-hydrogen) atoms. The molecular formula is C19H25N3O2. The Morgan fingerprint density at radius 1 is 1.08 bits per heavy atom. The van der Waals surface area contributed by atoms with Crippen LogP contribution in [0.25, 0.3) is 0 Å². The average molecular weight is 327 g/mol. The highest BCUT2D eigenvalue weighted by Gasteiger charge is 1.98. The number of anilines is 1. The summed E-state index contributed by atoms with van der Waals surface area (Å²) in [7, 11) is 1.65. The number of hydrogen-bond donors (Lipinski definition) is 2. The van der Waals surface area contributed by atoms with E-state index in [1.807, 2.05) is 30.3 Å². The van der Waals surface area contributed by atoms with E-state index in [1.165, 1.54) is 11.1 Å². The first-order chi connectivity index (χ1) is 11.6. The van der Waals surface area contributed by atoms with Crippen LogP contribution in [0, 0.1) is 13.8 Å². The Hall–Kier alpha value is -2.53. The molecule has 0 amide bonds. The summed E-state index contributed by atoms with van der Waals surface area (Å²) in [5.41, 5.74) is 10.4. The van der Waals surface area contributed by atoms with Gasteiger partial charge in [0.2, 0.25) is 0 Å². The summed E-state index contributed by atoms with van der Waals surface area (Å²) in [5, 5.41) is 3.09. The van der Waals surface area contributed by atoms with Gasteiger partial charge in [-0.1, -0.05) is 18.2 Å². The second kappa shape index (κ2) is 8.93. The van der Waals surface area contributed by atoms with Crippen LogP contribution in [-0.4, -0.2) is 26.2 Å². The molecule has 128 valence electrons. The average Bonchev–Trinajstić information content (AvgIpc) is 2.58. The molecule has 5 heteroatoms. The van der Waals surface area contributed by atoms with E-state index in [0.717, 1.165) is 17.0 Å². The lowest BCUT2D eigenvalue weighted by Crippen LogP contribution is -2.23. The SMILES string of the molecule is COc1ccc(COCCN=C(N)Nc2ccc(C)c(C)c2)cc1. The van der Waals surface area contributed by atoms with Gasteiger partial charge in [0, 0.05) is 5.69 Å². The number of aryl methyl sites for hydroxylation is 2. The highest BCUT2D eigenvalue weighted by atomic mass is 16.5. The largest absolute Gasteiger partial charge is 0.497 e. The van der Waals surface area contributed by atoms with Crippen LogP contribution < -0.4 is 15.8 Å². The Kier molecular flexibility index (Phi) is 6.63. The minimum absolute atomic E-state index is 0.395. The summed E-state index contributed by atoms with van der Waals surface area (Å²) in [6.45, 7) is 5.72. The Bertz CT molecular complexity index is 682. The lowest BCUT2D eigenvalue weighted by atomic mass is 10.1. The molecule has 0 saturated heterocycles. The molecule has 0 aromatic heterocycles. The maximum absolute atomic E-state index is 5.89. The highest BCUT2D eigenvalue weighted by Crippen LogP contribution is 2.14. The van der Waals surface area contributed by atoms with E-state index in [-0.39, 0.29) is 0 Å². The van der Waals surface area contributed by atoms with Crippen LogP contribution in [-0.2, 0) is 11.3 Å². The Labute approximate surface area is 143 Å². The van der Waals surface area contributed by atoms with Crippen molar-refractivity contribution >= 4 is 11.6 Å². The molecule has 5 nitrogen and oxygen atoms in total. The molecule has 0 radical (unpaired) electrons. The van der Waals surface area contributed by atoms with Crippen LogP contribution in [0.2, 0.25) is 0 Å². The normalized spacial score (nSPS) is 11.4. The molecule has 0 saturated carbocycles. The number of nitrogens with one attached hydrogen (secondary N) is 1. The molecule has 3 N–H and O–H groups in total. The first kappa shape index (κ1) is 17.8. The van der Waals surface area contributed by atoms with E-state index in [9.17, 15) is 0 Å². The van der Waals surface area contributed by atoms with Gasteiger partial charge in [-0.25, -0.2) is 0 Å². The molecular weight excluding hydrogens is 302 g/mol. The molecule has 0 aliphatic heterocycles. The molecule has 2 aromatic rings. The van der Waals surface area contributed by atoms with E-state index in [0.29, 0.717) is 25.7 Å². The maximum Gasteiger partial charge on any atom is 0.193 e. The van der Waals surface area contributed by atoms with Crippen LogP contribution in [0.15, 0.2) is 47.5 Å². The maximum atomic E-state index is 5.89. The van der Waals surface area contributed by atoms with Crippen molar-refractivity contribution in [1.29, 1.82) is 0 Å². The summed E-state index contributed by atoms with van der Waals surface area (Å²) in [5.74, 6) is 1.24. The second-order valence-electron chi connectivity index (χ2n) is 5.59. The van der Waals surface area contributed by atoms with Crippen molar-refractivity contribution in [2.24, 2.45) is 10.7 Å². The molecule has 2 aromatic carbocycles. The van der Waals surface area contributed by atoms with E-state index in [2.05, 4.69) is 36.3 Å². The molecule has 0 unspecified atom stereocenters. The van der Waals surface area contributed by atoms with Gasteiger partial charge in [0.05, 0.1) is 26.9 Å². The number of rotatable bonds is 7. The number of hydrogen-bond acceptors (Lipinski definition) is 3. The van der Waals surface area contributed by atoms with Crippen molar-refractivity contribution in [1.82, 2.24) is 0 Å². The van der Waals surface area contributed by atoms with Gasteiger partial charge < -0.3 is 20.5 Å². The monoisotopic (exact) mass is 327 g/mol. The Morgan fingerprint density at radius 2 is 1.83 bits per heavy atom.